The first-order valence-corrected chi connectivity index (χ1v) is 5.31. The van der Waals surface area contributed by atoms with Crippen LogP contribution in [-0.4, -0.2) is 35.7 Å². The summed E-state index contributed by atoms with van der Waals surface area (Å²) in [5.41, 5.74) is 0.406. The normalized spacial score (nSPS) is 31.2. The molecule has 1 heterocycles. The summed E-state index contributed by atoms with van der Waals surface area (Å²) in [4.78, 5) is 2.40. The molecular weight excluding hydrogens is 162 g/mol. The molecule has 0 spiro atoms. The van der Waals surface area contributed by atoms with Crippen molar-refractivity contribution in [3.05, 3.63) is 0 Å². The standard InChI is InChI=1S/C11H23NO/c1-9-10(11(2,3)4)5-6-12(9)7-8-13/h9-10,13H,5-8H2,1-4H3. The van der Waals surface area contributed by atoms with E-state index in [2.05, 4.69) is 32.6 Å². The molecule has 1 N–H and O–H groups in total. The van der Waals surface area contributed by atoms with Gasteiger partial charge in [0.2, 0.25) is 0 Å². The molecule has 1 aliphatic heterocycles. The zero-order chi connectivity index (χ0) is 10.1. The Labute approximate surface area is 81.9 Å². The third-order valence-electron chi connectivity index (χ3n) is 3.39. The van der Waals surface area contributed by atoms with Gasteiger partial charge in [0, 0.05) is 12.6 Å². The third kappa shape index (κ3) is 2.44. The van der Waals surface area contributed by atoms with E-state index in [1.807, 2.05) is 0 Å². The van der Waals surface area contributed by atoms with Gasteiger partial charge in [-0.05, 0) is 31.2 Å². The van der Waals surface area contributed by atoms with Crippen molar-refractivity contribution in [2.75, 3.05) is 19.7 Å². The first-order valence-electron chi connectivity index (χ1n) is 5.31. The van der Waals surface area contributed by atoms with Crippen LogP contribution in [-0.2, 0) is 0 Å². The van der Waals surface area contributed by atoms with Crippen LogP contribution in [0.25, 0.3) is 0 Å². The van der Waals surface area contributed by atoms with Crippen molar-refractivity contribution in [1.82, 2.24) is 4.90 Å². The van der Waals surface area contributed by atoms with E-state index in [4.69, 9.17) is 5.11 Å². The van der Waals surface area contributed by atoms with Gasteiger partial charge in [-0.3, -0.25) is 4.90 Å². The van der Waals surface area contributed by atoms with Crippen LogP contribution < -0.4 is 0 Å². The highest BCUT2D eigenvalue weighted by molar-refractivity contribution is 4.90. The predicted octanol–water partition coefficient (Wildman–Crippen LogP) is 1.74. The Bertz CT molecular complexity index is 162. The minimum atomic E-state index is 0.293. The summed E-state index contributed by atoms with van der Waals surface area (Å²) in [5.74, 6) is 0.777. The fourth-order valence-corrected chi connectivity index (χ4v) is 2.60. The summed E-state index contributed by atoms with van der Waals surface area (Å²) in [6.45, 7) is 11.5. The molecule has 0 saturated carbocycles. The first kappa shape index (κ1) is 11.0. The Balaban J connectivity index is 2.55. The number of rotatable bonds is 2. The predicted molar refractivity (Wildman–Crippen MR) is 55.7 cm³/mol. The van der Waals surface area contributed by atoms with Crippen LogP contribution in [0.5, 0.6) is 0 Å². The van der Waals surface area contributed by atoms with Gasteiger partial charge in [0.25, 0.3) is 0 Å². The number of β-amino-alcohol motifs (C(OH)–C–C–N with tert-alkyl or cyclic N) is 1. The fraction of sp³-hybridized carbons (Fsp3) is 1.00. The van der Waals surface area contributed by atoms with Crippen LogP contribution in [0.4, 0.5) is 0 Å². The molecule has 1 rings (SSSR count). The van der Waals surface area contributed by atoms with Crippen LogP contribution in [0.15, 0.2) is 0 Å². The van der Waals surface area contributed by atoms with Crippen molar-refractivity contribution in [1.29, 1.82) is 0 Å². The molecule has 2 unspecified atom stereocenters. The van der Waals surface area contributed by atoms with Crippen LogP contribution in [0.3, 0.4) is 0 Å². The van der Waals surface area contributed by atoms with Crippen molar-refractivity contribution in [2.24, 2.45) is 11.3 Å². The van der Waals surface area contributed by atoms with Gasteiger partial charge >= 0.3 is 0 Å². The Morgan fingerprint density at radius 3 is 2.38 bits per heavy atom. The van der Waals surface area contributed by atoms with Gasteiger partial charge in [0.1, 0.15) is 0 Å². The summed E-state index contributed by atoms with van der Waals surface area (Å²) in [7, 11) is 0. The van der Waals surface area contributed by atoms with E-state index >= 15 is 0 Å². The maximum Gasteiger partial charge on any atom is 0.0558 e. The highest BCUT2D eigenvalue weighted by atomic mass is 16.3. The van der Waals surface area contributed by atoms with Gasteiger partial charge in [-0.2, -0.15) is 0 Å². The van der Waals surface area contributed by atoms with E-state index in [9.17, 15) is 0 Å². The molecule has 0 radical (unpaired) electrons. The Hall–Kier alpha value is -0.0800. The lowest BCUT2D eigenvalue weighted by atomic mass is 9.77. The lowest BCUT2D eigenvalue weighted by Crippen LogP contribution is -2.36. The smallest absolute Gasteiger partial charge is 0.0558 e. The molecule has 13 heavy (non-hydrogen) atoms. The van der Waals surface area contributed by atoms with Gasteiger partial charge < -0.3 is 5.11 Å². The molecule has 0 aliphatic carbocycles. The zero-order valence-corrected chi connectivity index (χ0v) is 9.38. The van der Waals surface area contributed by atoms with E-state index in [1.165, 1.54) is 6.42 Å². The second kappa shape index (κ2) is 3.97. The summed E-state index contributed by atoms with van der Waals surface area (Å²) >= 11 is 0. The van der Waals surface area contributed by atoms with Crippen LogP contribution in [0.1, 0.15) is 34.1 Å². The molecule has 1 aliphatic rings. The van der Waals surface area contributed by atoms with E-state index < -0.39 is 0 Å². The fourth-order valence-electron chi connectivity index (χ4n) is 2.60. The molecule has 78 valence electrons. The summed E-state index contributed by atoms with van der Waals surface area (Å²) in [6.07, 6.45) is 1.28. The quantitative estimate of drug-likeness (QED) is 0.708. The Morgan fingerprint density at radius 1 is 1.38 bits per heavy atom. The number of likely N-dealkylation sites (tertiary alicyclic amines) is 1. The SMILES string of the molecule is CC1C(C(C)(C)C)CCN1CCO. The molecule has 0 bridgehead atoms. The number of aliphatic hydroxyl groups excluding tert-OH is 1. The highest BCUT2D eigenvalue weighted by Crippen LogP contribution is 2.37. The van der Waals surface area contributed by atoms with Crippen LogP contribution >= 0.6 is 0 Å². The number of hydrogen-bond acceptors (Lipinski definition) is 2. The van der Waals surface area contributed by atoms with E-state index in [0.29, 0.717) is 18.1 Å². The van der Waals surface area contributed by atoms with Gasteiger partial charge in [0.05, 0.1) is 6.61 Å². The molecule has 0 aromatic rings. The zero-order valence-electron chi connectivity index (χ0n) is 9.38. The molecule has 0 aromatic carbocycles. The minimum Gasteiger partial charge on any atom is -0.395 e. The summed E-state index contributed by atoms with van der Waals surface area (Å²) < 4.78 is 0. The van der Waals surface area contributed by atoms with Crippen LogP contribution in [0, 0.1) is 11.3 Å². The van der Waals surface area contributed by atoms with E-state index in [1.54, 1.807) is 0 Å². The lowest BCUT2D eigenvalue weighted by molar-refractivity contribution is 0.142. The van der Waals surface area contributed by atoms with Crippen molar-refractivity contribution in [2.45, 2.75) is 40.2 Å². The average molecular weight is 185 g/mol. The maximum absolute atomic E-state index is 8.89. The van der Waals surface area contributed by atoms with Crippen molar-refractivity contribution in [3.63, 3.8) is 0 Å². The van der Waals surface area contributed by atoms with Gasteiger partial charge in [-0.15, -0.1) is 0 Å². The third-order valence-corrected chi connectivity index (χ3v) is 3.39. The summed E-state index contributed by atoms with van der Waals surface area (Å²) in [5, 5.41) is 8.89. The highest BCUT2D eigenvalue weighted by Gasteiger charge is 2.37. The topological polar surface area (TPSA) is 23.5 Å². The number of aliphatic hydroxyl groups is 1. The van der Waals surface area contributed by atoms with Gasteiger partial charge in [0.15, 0.2) is 0 Å². The van der Waals surface area contributed by atoms with Crippen LogP contribution in [0.2, 0.25) is 0 Å². The molecule has 2 heteroatoms. The molecule has 1 saturated heterocycles. The molecule has 1 fully saturated rings. The van der Waals surface area contributed by atoms with Gasteiger partial charge in [-0.25, -0.2) is 0 Å². The molecule has 2 atom stereocenters. The molecule has 2 nitrogen and oxygen atoms in total. The Morgan fingerprint density at radius 2 is 2.00 bits per heavy atom. The second-order valence-corrected chi connectivity index (χ2v) is 5.26. The van der Waals surface area contributed by atoms with E-state index in [0.717, 1.165) is 19.0 Å². The summed E-state index contributed by atoms with van der Waals surface area (Å²) in [6, 6.07) is 0.632. The van der Waals surface area contributed by atoms with Gasteiger partial charge in [-0.1, -0.05) is 20.8 Å². The van der Waals surface area contributed by atoms with E-state index in [-0.39, 0.29) is 0 Å². The Kier molecular flexibility index (Phi) is 3.36. The molecule has 0 amide bonds. The molecular formula is C11H23NO. The number of hydrogen-bond donors (Lipinski definition) is 1. The lowest BCUT2D eigenvalue weighted by Gasteiger charge is -2.32. The minimum absolute atomic E-state index is 0.293. The molecule has 0 aromatic heterocycles. The largest absolute Gasteiger partial charge is 0.395 e. The van der Waals surface area contributed by atoms with Crippen molar-refractivity contribution < 1.29 is 5.11 Å². The van der Waals surface area contributed by atoms with Crippen molar-refractivity contribution >= 4 is 0 Å². The second-order valence-electron chi connectivity index (χ2n) is 5.26. The number of nitrogens with zero attached hydrogens (tertiary/aromatic N) is 1. The maximum atomic E-state index is 8.89. The first-order chi connectivity index (χ1) is 5.96. The van der Waals surface area contributed by atoms with Crippen molar-refractivity contribution in [3.8, 4) is 0 Å². The average Bonchev–Trinajstić information content (AvgIpc) is 2.32. The monoisotopic (exact) mass is 185 g/mol.